The van der Waals surface area contributed by atoms with Crippen LogP contribution in [0, 0.1) is 5.92 Å². The van der Waals surface area contributed by atoms with Crippen molar-refractivity contribution in [1.29, 1.82) is 0 Å². The summed E-state index contributed by atoms with van der Waals surface area (Å²) in [5.41, 5.74) is 1.60. The van der Waals surface area contributed by atoms with Crippen LogP contribution in [0.15, 0.2) is 24.3 Å². The van der Waals surface area contributed by atoms with Gasteiger partial charge in [-0.15, -0.1) is 0 Å². The highest BCUT2D eigenvalue weighted by Crippen LogP contribution is 2.16. The van der Waals surface area contributed by atoms with Crippen LogP contribution in [0.3, 0.4) is 0 Å². The smallest absolute Gasteiger partial charge is 0.229 e. The maximum Gasteiger partial charge on any atom is 0.229 e. The van der Waals surface area contributed by atoms with Crippen LogP contribution in [0.25, 0.3) is 0 Å². The molecule has 0 aromatic heterocycles. The van der Waals surface area contributed by atoms with E-state index in [1.165, 1.54) is 0 Å². The molecule has 0 atom stereocenters. The molecule has 1 aromatic carbocycles. The van der Waals surface area contributed by atoms with Gasteiger partial charge in [0.2, 0.25) is 10.0 Å². The van der Waals surface area contributed by atoms with E-state index in [2.05, 4.69) is 23.9 Å². The van der Waals surface area contributed by atoms with Gasteiger partial charge in [0.25, 0.3) is 0 Å². The first-order valence-corrected chi connectivity index (χ1v) is 8.15. The van der Waals surface area contributed by atoms with Crippen LogP contribution >= 0.6 is 0 Å². The fourth-order valence-electron chi connectivity index (χ4n) is 1.71. The fourth-order valence-corrected chi connectivity index (χ4v) is 2.27. The third-order valence-corrected chi connectivity index (χ3v) is 3.54. The highest BCUT2D eigenvalue weighted by Gasteiger charge is 2.04. The predicted octanol–water partition coefficient (Wildman–Crippen LogP) is 2.91. The minimum atomic E-state index is -3.19. The SMILES string of the molecule is CCC(CC)CNc1ccc(NS(C)(=O)=O)cc1. The highest BCUT2D eigenvalue weighted by atomic mass is 32.2. The molecule has 0 bridgehead atoms. The Kier molecular flexibility index (Phi) is 5.47. The Labute approximate surface area is 110 Å². The summed E-state index contributed by atoms with van der Waals surface area (Å²) < 4.78 is 24.5. The molecule has 0 unspecified atom stereocenters. The normalized spacial score (nSPS) is 11.6. The van der Waals surface area contributed by atoms with Gasteiger partial charge in [0.15, 0.2) is 0 Å². The van der Waals surface area contributed by atoms with E-state index in [9.17, 15) is 8.42 Å². The molecule has 0 saturated heterocycles. The van der Waals surface area contributed by atoms with Gasteiger partial charge in [-0.25, -0.2) is 8.42 Å². The Balaban J connectivity index is 2.55. The highest BCUT2D eigenvalue weighted by molar-refractivity contribution is 7.92. The molecule has 0 heterocycles. The number of hydrogen-bond donors (Lipinski definition) is 2. The molecule has 0 saturated carbocycles. The summed E-state index contributed by atoms with van der Waals surface area (Å²) in [5.74, 6) is 0.679. The third kappa shape index (κ3) is 5.40. The van der Waals surface area contributed by atoms with E-state index in [0.29, 0.717) is 11.6 Å². The van der Waals surface area contributed by atoms with E-state index in [-0.39, 0.29) is 0 Å². The summed E-state index contributed by atoms with van der Waals surface area (Å²) in [6, 6.07) is 7.29. The van der Waals surface area contributed by atoms with Crippen molar-refractivity contribution in [1.82, 2.24) is 0 Å². The molecule has 5 heteroatoms. The molecule has 0 amide bonds. The molecule has 0 radical (unpaired) electrons. The van der Waals surface area contributed by atoms with Gasteiger partial charge < -0.3 is 5.32 Å². The van der Waals surface area contributed by atoms with Crippen molar-refractivity contribution in [3.63, 3.8) is 0 Å². The number of benzene rings is 1. The van der Waals surface area contributed by atoms with Gasteiger partial charge in [-0.3, -0.25) is 4.72 Å². The lowest BCUT2D eigenvalue weighted by Gasteiger charge is -2.14. The zero-order chi connectivity index (χ0) is 13.6. The minimum Gasteiger partial charge on any atom is -0.385 e. The summed E-state index contributed by atoms with van der Waals surface area (Å²) in [6.45, 7) is 5.33. The molecule has 0 aliphatic rings. The lowest BCUT2D eigenvalue weighted by Crippen LogP contribution is -2.13. The quantitative estimate of drug-likeness (QED) is 0.801. The van der Waals surface area contributed by atoms with Crippen molar-refractivity contribution < 1.29 is 8.42 Å². The number of rotatable bonds is 7. The predicted molar refractivity (Wildman–Crippen MR) is 77.5 cm³/mol. The molecule has 4 nitrogen and oxygen atoms in total. The second-order valence-corrected chi connectivity index (χ2v) is 6.26. The largest absolute Gasteiger partial charge is 0.385 e. The van der Waals surface area contributed by atoms with Gasteiger partial charge in [-0.05, 0) is 30.2 Å². The van der Waals surface area contributed by atoms with Gasteiger partial charge in [0.1, 0.15) is 0 Å². The first-order valence-electron chi connectivity index (χ1n) is 6.26. The van der Waals surface area contributed by atoms with Crippen LogP contribution in [0.1, 0.15) is 26.7 Å². The van der Waals surface area contributed by atoms with Crippen molar-refractivity contribution in [3.8, 4) is 0 Å². The van der Waals surface area contributed by atoms with Crippen molar-refractivity contribution in [2.45, 2.75) is 26.7 Å². The fraction of sp³-hybridized carbons (Fsp3) is 0.538. The molecular weight excluding hydrogens is 248 g/mol. The Morgan fingerprint density at radius 1 is 1.06 bits per heavy atom. The lowest BCUT2D eigenvalue weighted by molar-refractivity contribution is 0.519. The van der Waals surface area contributed by atoms with E-state index in [0.717, 1.165) is 31.3 Å². The Morgan fingerprint density at radius 3 is 2.00 bits per heavy atom. The molecule has 18 heavy (non-hydrogen) atoms. The number of anilines is 2. The maximum absolute atomic E-state index is 11.1. The Hall–Kier alpha value is -1.23. The summed E-state index contributed by atoms with van der Waals surface area (Å²) in [6.07, 6.45) is 3.47. The molecule has 0 spiro atoms. The molecule has 0 fully saturated rings. The maximum atomic E-state index is 11.1. The number of nitrogens with one attached hydrogen (secondary N) is 2. The van der Waals surface area contributed by atoms with Crippen LogP contribution in [0.5, 0.6) is 0 Å². The second-order valence-electron chi connectivity index (χ2n) is 4.52. The van der Waals surface area contributed by atoms with Crippen LogP contribution in [0.2, 0.25) is 0 Å². The Bertz CT molecular complexity index is 450. The van der Waals surface area contributed by atoms with E-state index in [1.807, 2.05) is 12.1 Å². The first-order chi connectivity index (χ1) is 8.44. The van der Waals surface area contributed by atoms with E-state index in [1.54, 1.807) is 12.1 Å². The zero-order valence-electron chi connectivity index (χ0n) is 11.2. The molecule has 1 aromatic rings. The zero-order valence-corrected chi connectivity index (χ0v) is 12.0. The molecule has 1 rings (SSSR count). The van der Waals surface area contributed by atoms with Gasteiger partial charge in [0.05, 0.1) is 6.26 Å². The summed E-state index contributed by atoms with van der Waals surface area (Å²) in [7, 11) is -3.19. The summed E-state index contributed by atoms with van der Waals surface area (Å²) in [4.78, 5) is 0. The van der Waals surface area contributed by atoms with Gasteiger partial charge in [0, 0.05) is 17.9 Å². The standard InChI is InChI=1S/C13H22N2O2S/c1-4-11(5-2)10-14-12-6-8-13(9-7-12)15-18(3,16)17/h6-9,11,14-15H,4-5,10H2,1-3H3. The molecular formula is C13H22N2O2S. The van der Waals surface area contributed by atoms with Crippen LogP contribution in [-0.2, 0) is 10.0 Å². The monoisotopic (exact) mass is 270 g/mol. The molecule has 0 aliphatic heterocycles. The minimum absolute atomic E-state index is 0.589. The third-order valence-electron chi connectivity index (χ3n) is 2.94. The van der Waals surface area contributed by atoms with Crippen molar-refractivity contribution in [2.75, 3.05) is 22.8 Å². The van der Waals surface area contributed by atoms with Gasteiger partial charge >= 0.3 is 0 Å². The average molecular weight is 270 g/mol. The average Bonchev–Trinajstić information content (AvgIpc) is 2.30. The van der Waals surface area contributed by atoms with Crippen molar-refractivity contribution in [2.24, 2.45) is 5.92 Å². The second kappa shape index (κ2) is 6.64. The van der Waals surface area contributed by atoms with Crippen LogP contribution in [0.4, 0.5) is 11.4 Å². The summed E-state index contributed by atoms with van der Waals surface area (Å²) >= 11 is 0. The van der Waals surface area contributed by atoms with Crippen LogP contribution in [-0.4, -0.2) is 21.2 Å². The summed E-state index contributed by atoms with van der Waals surface area (Å²) in [5, 5.41) is 3.36. The van der Waals surface area contributed by atoms with Crippen LogP contribution < -0.4 is 10.0 Å². The van der Waals surface area contributed by atoms with Gasteiger partial charge in [-0.2, -0.15) is 0 Å². The van der Waals surface area contributed by atoms with Gasteiger partial charge in [-0.1, -0.05) is 26.7 Å². The van der Waals surface area contributed by atoms with Crippen molar-refractivity contribution in [3.05, 3.63) is 24.3 Å². The van der Waals surface area contributed by atoms with Crippen molar-refractivity contribution >= 4 is 21.4 Å². The van der Waals surface area contributed by atoms with E-state index >= 15 is 0 Å². The first kappa shape index (κ1) is 14.8. The molecule has 2 N–H and O–H groups in total. The topological polar surface area (TPSA) is 58.2 Å². The number of hydrogen-bond acceptors (Lipinski definition) is 3. The Morgan fingerprint density at radius 2 is 1.56 bits per heavy atom. The lowest BCUT2D eigenvalue weighted by atomic mass is 10.0. The number of sulfonamides is 1. The van der Waals surface area contributed by atoms with E-state index in [4.69, 9.17) is 0 Å². The molecule has 0 aliphatic carbocycles. The van der Waals surface area contributed by atoms with E-state index < -0.39 is 10.0 Å². The molecule has 102 valence electrons.